The van der Waals surface area contributed by atoms with E-state index in [4.69, 9.17) is 25.2 Å². The number of hydrogen-bond donors (Lipinski definition) is 1. The van der Waals surface area contributed by atoms with Gasteiger partial charge in [0.25, 0.3) is 10.2 Å². The number of carbonyl (C=O) groups is 1. The molecule has 4 radical (unpaired) electrons. The Labute approximate surface area is 204 Å². The van der Waals surface area contributed by atoms with Crippen LogP contribution in [-0.4, -0.2) is 91.5 Å². The van der Waals surface area contributed by atoms with Crippen molar-refractivity contribution in [3.8, 4) is 0 Å². The predicted octanol–water partition coefficient (Wildman–Crippen LogP) is 1.71. The van der Waals surface area contributed by atoms with Crippen molar-refractivity contribution in [2.24, 2.45) is 0 Å². The summed E-state index contributed by atoms with van der Waals surface area (Å²) in [6.07, 6.45) is 1.19. The second-order valence-electron chi connectivity index (χ2n) is 9.43. The average molecular weight is 491 g/mol. The minimum Gasteiger partial charge on any atom is -0.453 e. The van der Waals surface area contributed by atoms with Crippen LogP contribution in [0.25, 0.3) is 0 Å². The highest BCUT2D eigenvalue weighted by Crippen LogP contribution is 2.44. The number of benzene rings is 1. The summed E-state index contributed by atoms with van der Waals surface area (Å²) >= 11 is 0. The lowest BCUT2D eigenvalue weighted by atomic mass is 9.46. The van der Waals surface area contributed by atoms with Crippen LogP contribution in [0.2, 0.25) is 5.82 Å². The molecule has 184 valence electrons. The van der Waals surface area contributed by atoms with E-state index >= 15 is 0 Å². The number of likely N-dealkylation sites (tertiary alicyclic amines) is 1. The predicted molar refractivity (Wildman–Crippen MR) is 129 cm³/mol. The molecule has 1 saturated carbocycles. The van der Waals surface area contributed by atoms with Crippen LogP contribution in [0.4, 0.5) is 9.18 Å². The average Bonchev–Trinajstić information content (AvgIpc) is 3.07. The molecule has 6 atom stereocenters. The van der Waals surface area contributed by atoms with Gasteiger partial charge in [-0.1, -0.05) is 17.9 Å². The van der Waals surface area contributed by atoms with Gasteiger partial charge in [-0.3, -0.25) is 4.90 Å². The third-order valence-electron chi connectivity index (χ3n) is 6.98. The lowest BCUT2D eigenvalue weighted by molar-refractivity contribution is -0.0108. The number of nitrogens with zero attached hydrogens (tertiary/aromatic N) is 2. The van der Waals surface area contributed by atoms with Crippen molar-refractivity contribution in [3.05, 3.63) is 35.6 Å². The van der Waals surface area contributed by atoms with Gasteiger partial charge in [-0.25, -0.2) is 9.18 Å². The fraction of sp³-hybridized carbons (Fsp3) is 0.682. The number of hydrogen-bond acceptors (Lipinski definition) is 5. The highest BCUT2D eigenvalue weighted by molar-refractivity contribution is 7.87. The molecule has 1 heterocycles. The van der Waals surface area contributed by atoms with Gasteiger partial charge >= 0.3 is 6.09 Å². The molecule has 0 spiro atoms. The second-order valence-corrected chi connectivity index (χ2v) is 11.3. The van der Waals surface area contributed by atoms with Crippen LogP contribution < -0.4 is 4.72 Å². The highest BCUT2D eigenvalue weighted by Gasteiger charge is 2.45. The number of methoxy groups -OCH3 is 1. The summed E-state index contributed by atoms with van der Waals surface area (Å²) in [5.74, 6) is -0.826. The normalized spacial score (nSPS) is 32.2. The Morgan fingerprint density at radius 3 is 2.65 bits per heavy atom. The lowest BCUT2D eigenvalue weighted by Gasteiger charge is -2.44. The zero-order valence-corrected chi connectivity index (χ0v) is 20.9. The standard InChI is InChI=1S/C22H32B2FN3O5S/c1-14-10-18(26-34(30,31)27(2)3)19(28(14)21(29)32-4)13-33-17-8-9-22(24,20(23)12-17)15-6-5-7-16(25)11-15/h5-7,11,14,17-20,26H,8-10,12-13H2,1-4H3/t14-,17+,18+,19+,20-,22-/m1/s1. The van der Waals surface area contributed by atoms with E-state index in [0.717, 1.165) is 4.31 Å². The van der Waals surface area contributed by atoms with Crippen molar-refractivity contribution in [1.82, 2.24) is 13.9 Å². The second kappa shape index (κ2) is 10.6. The van der Waals surface area contributed by atoms with Crippen molar-refractivity contribution in [2.45, 2.75) is 68.0 Å². The topological polar surface area (TPSA) is 88.2 Å². The Kier molecular flexibility index (Phi) is 8.37. The van der Waals surface area contributed by atoms with E-state index < -0.39 is 39.5 Å². The van der Waals surface area contributed by atoms with Crippen molar-refractivity contribution in [3.63, 3.8) is 0 Å². The summed E-state index contributed by atoms with van der Waals surface area (Å²) < 4.78 is 53.5. The molecule has 2 aliphatic rings. The molecule has 1 aromatic carbocycles. The largest absolute Gasteiger partial charge is 0.453 e. The van der Waals surface area contributed by atoms with E-state index in [-0.39, 0.29) is 24.6 Å². The van der Waals surface area contributed by atoms with E-state index in [9.17, 15) is 17.6 Å². The van der Waals surface area contributed by atoms with Gasteiger partial charge in [0.05, 0.1) is 41.6 Å². The van der Waals surface area contributed by atoms with Crippen LogP contribution in [0.15, 0.2) is 24.3 Å². The minimum absolute atomic E-state index is 0.106. The summed E-state index contributed by atoms with van der Waals surface area (Å²) in [4.78, 5) is 14.0. The minimum atomic E-state index is -3.71. The molecule has 1 aromatic rings. The lowest BCUT2D eigenvalue weighted by Crippen LogP contribution is -2.52. The molecule has 0 aromatic heterocycles. The van der Waals surface area contributed by atoms with Gasteiger partial charge < -0.3 is 9.47 Å². The first-order chi connectivity index (χ1) is 15.9. The van der Waals surface area contributed by atoms with Crippen molar-refractivity contribution in [1.29, 1.82) is 0 Å². The van der Waals surface area contributed by atoms with E-state index in [1.165, 1.54) is 38.2 Å². The van der Waals surface area contributed by atoms with Gasteiger partial charge in [0.1, 0.15) is 5.82 Å². The molecule has 1 saturated heterocycles. The summed E-state index contributed by atoms with van der Waals surface area (Å²) in [5.41, 5.74) is 0.651. The van der Waals surface area contributed by atoms with Gasteiger partial charge in [-0.15, -0.1) is 0 Å². The fourth-order valence-corrected chi connectivity index (χ4v) is 5.77. The SMILES string of the molecule is [B][C@@H]1C[C@@H](OC[C@H]2[C@@H](NS(=O)(=O)N(C)C)C[C@@H](C)N2C(=O)OC)CC[C@@]1([B])c1cccc(F)c1. The summed E-state index contributed by atoms with van der Waals surface area (Å²) in [5, 5.41) is -0.869. The summed E-state index contributed by atoms with van der Waals surface area (Å²) in [6.45, 7) is 1.95. The van der Waals surface area contributed by atoms with E-state index in [1.807, 2.05) is 6.92 Å². The zero-order chi connectivity index (χ0) is 25.3. The summed E-state index contributed by atoms with van der Waals surface area (Å²) in [6, 6.07) is 4.83. The van der Waals surface area contributed by atoms with Crippen LogP contribution in [0.3, 0.4) is 0 Å². The molecule has 3 rings (SSSR count). The molecule has 8 nitrogen and oxygen atoms in total. The van der Waals surface area contributed by atoms with Gasteiger partial charge in [0.15, 0.2) is 0 Å². The van der Waals surface area contributed by atoms with Gasteiger partial charge in [0.2, 0.25) is 0 Å². The molecule has 34 heavy (non-hydrogen) atoms. The van der Waals surface area contributed by atoms with Crippen LogP contribution in [-0.2, 0) is 25.0 Å². The molecule has 1 aliphatic heterocycles. The Hall–Kier alpha value is -1.62. The Morgan fingerprint density at radius 1 is 1.35 bits per heavy atom. The molecule has 1 amide bonds. The molecular formula is C22H32B2FN3O5S. The van der Waals surface area contributed by atoms with Crippen molar-refractivity contribution in [2.75, 3.05) is 27.8 Å². The van der Waals surface area contributed by atoms with E-state index in [1.54, 1.807) is 12.1 Å². The Bertz CT molecular complexity index is 985. The Morgan fingerprint density at radius 2 is 2.06 bits per heavy atom. The smallest absolute Gasteiger partial charge is 0.410 e. The molecule has 2 fully saturated rings. The maximum Gasteiger partial charge on any atom is 0.410 e. The first-order valence-corrected chi connectivity index (χ1v) is 12.8. The van der Waals surface area contributed by atoms with Crippen LogP contribution in [0, 0.1) is 5.82 Å². The van der Waals surface area contributed by atoms with Crippen LogP contribution in [0.5, 0.6) is 0 Å². The number of rotatable bonds is 7. The molecule has 0 unspecified atom stereocenters. The van der Waals surface area contributed by atoms with Gasteiger partial charge in [0, 0.05) is 26.2 Å². The van der Waals surface area contributed by atoms with E-state index in [0.29, 0.717) is 31.2 Å². The fourth-order valence-electron chi connectivity index (χ4n) is 4.92. The molecular weight excluding hydrogens is 459 g/mol. The zero-order valence-electron chi connectivity index (χ0n) is 20.1. The maximum atomic E-state index is 13.7. The van der Waals surface area contributed by atoms with Crippen molar-refractivity contribution >= 4 is 32.0 Å². The molecule has 1 aliphatic carbocycles. The third kappa shape index (κ3) is 5.61. The van der Waals surface area contributed by atoms with Crippen LogP contribution >= 0.6 is 0 Å². The first kappa shape index (κ1) is 27.0. The van der Waals surface area contributed by atoms with Crippen molar-refractivity contribution < 1.29 is 27.1 Å². The molecule has 12 heteroatoms. The quantitative estimate of drug-likeness (QED) is 0.588. The number of amides is 1. The van der Waals surface area contributed by atoms with Crippen LogP contribution in [0.1, 0.15) is 38.2 Å². The highest BCUT2D eigenvalue weighted by atomic mass is 32.2. The number of halogens is 1. The van der Waals surface area contributed by atoms with E-state index in [2.05, 4.69) is 4.72 Å². The number of nitrogens with one attached hydrogen (secondary N) is 1. The Balaban J connectivity index is 1.70. The van der Waals surface area contributed by atoms with Gasteiger partial charge in [-0.2, -0.15) is 17.4 Å². The molecule has 1 N–H and O–H groups in total. The number of ether oxygens (including phenoxy) is 2. The third-order valence-corrected chi connectivity index (χ3v) is 8.54. The van der Waals surface area contributed by atoms with Gasteiger partial charge in [-0.05, 0) is 55.6 Å². The summed E-state index contributed by atoms with van der Waals surface area (Å²) in [7, 11) is 13.5. The maximum absolute atomic E-state index is 13.7. The molecule has 0 bridgehead atoms. The number of carbonyl (C=O) groups excluding carboxylic acids is 1. The first-order valence-electron chi connectivity index (χ1n) is 11.4. The monoisotopic (exact) mass is 491 g/mol.